The van der Waals surface area contributed by atoms with E-state index in [0.29, 0.717) is 10.2 Å². The van der Waals surface area contributed by atoms with E-state index < -0.39 is 5.91 Å². The van der Waals surface area contributed by atoms with Crippen LogP contribution in [0.2, 0.25) is 5.02 Å². The highest BCUT2D eigenvalue weighted by molar-refractivity contribution is 8.27. The molecule has 0 spiro atoms. The summed E-state index contributed by atoms with van der Waals surface area (Å²) in [6.07, 6.45) is 1.73. The SMILES string of the molecule is Cc1ccccc1C1=NN2C(=N)/C(=C\c3cc(C)n(-c4cc(Cl)ccc4C)c3C)C(=O)N=C2S1. The molecule has 34 heavy (non-hydrogen) atoms. The topological polar surface area (TPSA) is 73.8 Å². The van der Waals surface area contributed by atoms with Gasteiger partial charge in [0.2, 0.25) is 5.17 Å². The second-order valence-corrected chi connectivity index (χ2v) is 9.73. The van der Waals surface area contributed by atoms with Crippen LogP contribution in [0.3, 0.4) is 0 Å². The summed E-state index contributed by atoms with van der Waals surface area (Å²) in [5.41, 5.74) is 7.13. The number of nitrogens with one attached hydrogen (secondary N) is 1. The van der Waals surface area contributed by atoms with E-state index in [1.54, 1.807) is 6.08 Å². The molecule has 170 valence electrons. The molecule has 8 heteroatoms. The van der Waals surface area contributed by atoms with Gasteiger partial charge in [-0.1, -0.05) is 41.9 Å². The van der Waals surface area contributed by atoms with Crippen molar-refractivity contribution in [3.8, 4) is 5.69 Å². The molecule has 6 nitrogen and oxygen atoms in total. The summed E-state index contributed by atoms with van der Waals surface area (Å²) in [6, 6.07) is 15.7. The zero-order valence-electron chi connectivity index (χ0n) is 19.2. The smallest absolute Gasteiger partial charge is 0.283 e. The molecule has 1 aromatic heterocycles. The number of hydrogen-bond donors (Lipinski definition) is 1. The molecule has 0 bridgehead atoms. The van der Waals surface area contributed by atoms with E-state index >= 15 is 0 Å². The van der Waals surface area contributed by atoms with E-state index in [1.165, 1.54) is 16.8 Å². The van der Waals surface area contributed by atoms with Gasteiger partial charge in [-0.15, -0.1) is 0 Å². The van der Waals surface area contributed by atoms with Crippen LogP contribution in [0.4, 0.5) is 0 Å². The zero-order chi connectivity index (χ0) is 24.1. The standard InChI is InChI=1S/C26H22ClN5OS/c1-14-7-5-6-8-20(14)25-30-32-23(28)21(24(33)29-26(32)34-25)12-18-11-16(3)31(17(18)4)22-13-19(27)10-9-15(22)2/h5-13,28H,1-4H3/b21-12+,28-23?. The van der Waals surface area contributed by atoms with Crippen molar-refractivity contribution in [3.63, 3.8) is 0 Å². The number of carbonyl (C=O) groups excluding carboxylic acids is 1. The van der Waals surface area contributed by atoms with Crippen LogP contribution in [0.15, 0.2) is 64.2 Å². The molecule has 0 unspecified atom stereocenters. The number of fused-ring (bicyclic) bond motifs is 1. The van der Waals surface area contributed by atoms with E-state index in [-0.39, 0.29) is 11.4 Å². The van der Waals surface area contributed by atoms with Crippen molar-refractivity contribution < 1.29 is 4.79 Å². The quantitative estimate of drug-likeness (QED) is 0.458. The molecule has 2 aliphatic heterocycles. The highest BCUT2D eigenvalue weighted by Gasteiger charge is 2.36. The van der Waals surface area contributed by atoms with Gasteiger partial charge in [-0.25, -0.2) is 0 Å². The summed E-state index contributed by atoms with van der Waals surface area (Å²) in [4.78, 5) is 17.2. The Hall–Kier alpha value is -3.42. The molecule has 0 saturated heterocycles. The number of aryl methyl sites for hydroxylation is 3. The minimum absolute atomic E-state index is 0.0230. The largest absolute Gasteiger partial charge is 0.318 e. The van der Waals surface area contributed by atoms with Gasteiger partial charge in [0.1, 0.15) is 5.04 Å². The van der Waals surface area contributed by atoms with Crippen LogP contribution < -0.4 is 0 Å². The molecule has 0 aliphatic carbocycles. The maximum atomic E-state index is 12.9. The van der Waals surface area contributed by atoms with E-state index in [2.05, 4.69) is 14.7 Å². The predicted octanol–water partition coefficient (Wildman–Crippen LogP) is 6.03. The first-order valence-corrected chi connectivity index (χ1v) is 12.0. The fourth-order valence-corrected chi connectivity index (χ4v) is 5.35. The van der Waals surface area contributed by atoms with Crippen LogP contribution in [-0.2, 0) is 4.79 Å². The van der Waals surface area contributed by atoms with Gasteiger partial charge < -0.3 is 4.57 Å². The predicted molar refractivity (Wildman–Crippen MR) is 140 cm³/mol. The lowest BCUT2D eigenvalue weighted by molar-refractivity contribution is -0.114. The minimum atomic E-state index is -0.436. The number of amidine groups is 2. The molecular weight excluding hydrogens is 466 g/mol. The van der Waals surface area contributed by atoms with Crippen molar-refractivity contribution in [2.75, 3.05) is 0 Å². The summed E-state index contributed by atoms with van der Waals surface area (Å²) < 4.78 is 2.11. The average Bonchev–Trinajstić information content (AvgIpc) is 3.33. The third-order valence-electron chi connectivity index (χ3n) is 6.01. The zero-order valence-corrected chi connectivity index (χ0v) is 20.8. The van der Waals surface area contributed by atoms with E-state index in [9.17, 15) is 4.79 Å². The number of benzene rings is 2. The van der Waals surface area contributed by atoms with Crippen molar-refractivity contribution in [2.45, 2.75) is 27.7 Å². The van der Waals surface area contributed by atoms with Gasteiger partial charge in [0, 0.05) is 27.7 Å². The lowest BCUT2D eigenvalue weighted by Gasteiger charge is -2.20. The Bertz CT molecular complexity index is 1480. The van der Waals surface area contributed by atoms with Crippen molar-refractivity contribution in [1.29, 1.82) is 5.41 Å². The first kappa shape index (κ1) is 22.4. The number of nitrogens with zero attached hydrogens (tertiary/aromatic N) is 4. The first-order valence-electron chi connectivity index (χ1n) is 10.8. The maximum Gasteiger partial charge on any atom is 0.283 e. The van der Waals surface area contributed by atoms with Crippen molar-refractivity contribution in [2.24, 2.45) is 10.1 Å². The number of halogens is 1. The van der Waals surface area contributed by atoms with E-state index in [0.717, 1.165) is 44.4 Å². The van der Waals surface area contributed by atoms with Crippen LogP contribution in [0.1, 0.15) is 33.6 Å². The summed E-state index contributed by atoms with van der Waals surface area (Å²) in [7, 11) is 0. The second-order valence-electron chi connectivity index (χ2n) is 8.33. The Kier molecular flexibility index (Phi) is 5.54. The lowest BCUT2D eigenvalue weighted by atomic mass is 10.1. The van der Waals surface area contributed by atoms with Crippen LogP contribution in [0.25, 0.3) is 11.8 Å². The van der Waals surface area contributed by atoms with Gasteiger partial charge in [-0.05, 0) is 80.4 Å². The number of carbonyl (C=O) groups is 1. The van der Waals surface area contributed by atoms with Gasteiger partial charge >= 0.3 is 0 Å². The Morgan fingerprint density at radius 3 is 2.56 bits per heavy atom. The fraction of sp³-hybridized carbons (Fsp3) is 0.154. The van der Waals surface area contributed by atoms with Crippen LogP contribution in [0, 0.1) is 33.1 Å². The fourth-order valence-electron chi connectivity index (χ4n) is 4.20. The van der Waals surface area contributed by atoms with Crippen LogP contribution in [0.5, 0.6) is 0 Å². The van der Waals surface area contributed by atoms with Crippen molar-refractivity contribution in [3.05, 3.63) is 92.8 Å². The molecule has 0 radical (unpaired) electrons. The molecule has 2 aromatic carbocycles. The third kappa shape index (κ3) is 3.71. The Morgan fingerprint density at radius 1 is 1.03 bits per heavy atom. The highest BCUT2D eigenvalue weighted by Crippen LogP contribution is 2.33. The molecule has 1 amide bonds. The first-order chi connectivity index (χ1) is 16.2. The number of thioether (sulfide) groups is 1. The van der Waals surface area contributed by atoms with Gasteiger partial charge in [-0.2, -0.15) is 15.1 Å². The summed E-state index contributed by atoms with van der Waals surface area (Å²) in [5.74, 6) is -0.413. The molecular formula is C26H22ClN5OS. The Labute approximate surface area is 207 Å². The van der Waals surface area contributed by atoms with Crippen LogP contribution in [-0.4, -0.2) is 31.5 Å². The second kappa shape index (κ2) is 8.42. The lowest BCUT2D eigenvalue weighted by Crippen LogP contribution is -2.35. The highest BCUT2D eigenvalue weighted by atomic mass is 35.5. The van der Waals surface area contributed by atoms with Gasteiger partial charge in [0.15, 0.2) is 5.84 Å². The van der Waals surface area contributed by atoms with Crippen LogP contribution >= 0.6 is 23.4 Å². The number of aromatic nitrogens is 1. The summed E-state index contributed by atoms with van der Waals surface area (Å²) >= 11 is 7.56. The molecule has 3 aromatic rings. The number of aliphatic imine (C=N–C) groups is 1. The average molecular weight is 488 g/mol. The van der Waals surface area contributed by atoms with Crippen molar-refractivity contribution >= 4 is 51.4 Å². The maximum absolute atomic E-state index is 12.9. The third-order valence-corrected chi connectivity index (χ3v) is 7.19. The minimum Gasteiger partial charge on any atom is -0.318 e. The molecule has 3 heterocycles. The molecule has 2 aliphatic rings. The summed E-state index contributed by atoms with van der Waals surface area (Å²) in [6.45, 7) is 8.05. The normalized spacial score (nSPS) is 16.7. The number of hydrazone groups is 1. The van der Waals surface area contributed by atoms with E-state index in [1.807, 2.05) is 76.2 Å². The number of rotatable bonds is 3. The number of hydrogen-bond acceptors (Lipinski definition) is 4. The molecule has 1 N–H and O–H groups in total. The Balaban J connectivity index is 1.54. The monoisotopic (exact) mass is 487 g/mol. The Morgan fingerprint density at radius 2 is 1.79 bits per heavy atom. The van der Waals surface area contributed by atoms with Gasteiger partial charge in [-0.3, -0.25) is 10.2 Å². The molecule has 5 rings (SSSR count). The van der Waals surface area contributed by atoms with Crippen molar-refractivity contribution in [1.82, 2.24) is 9.58 Å². The van der Waals surface area contributed by atoms with E-state index in [4.69, 9.17) is 17.0 Å². The molecule has 0 saturated carbocycles. The van der Waals surface area contributed by atoms with Gasteiger partial charge in [0.25, 0.3) is 5.91 Å². The molecule has 0 atom stereocenters. The summed E-state index contributed by atoms with van der Waals surface area (Å²) in [5, 5.41) is 16.6. The molecule has 0 fully saturated rings. The number of amides is 1. The van der Waals surface area contributed by atoms with Gasteiger partial charge in [0.05, 0.1) is 5.57 Å².